The van der Waals surface area contributed by atoms with Crippen LogP contribution in [-0.2, 0) is 51.2 Å². The molecule has 7 amide bonds. The van der Waals surface area contributed by atoms with Gasteiger partial charge in [0.2, 0.25) is 41.4 Å². The predicted molar refractivity (Wildman–Crippen MR) is 269 cm³/mol. The second-order valence-electron chi connectivity index (χ2n) is 18.6. The monoisotopic (exact) mass is 1000 g/mol. The molecule has 1 aliphatic heterocycles. The van der Waals surface area contributed by atoms with Crippen LogP contribution in [0.1, 0.15) is 90.2 Å². The number of aromatic amines is 1. The van der Waals surface area contributed by atoms with Crippen LogP contribution in [0.4, 0.5) is 0 Å². The van der Waals surface area contributed by atoms with E-state index in [-0.39, 0.29) is 62.2 Å². The number of phenols is 1. The number of H-pyrrole nitrogens is 1. The van der Waals surface area contributed by atoms with Crippen LogP contribution >= 0.6 is 0 Å². The van der Waals surface area contributed by atoms with E-state index in [2.05, 4.69) is 52.8 Å². The molecule has 0 saturated carbocycles. The molecule has 2 aromatic carbocycles. The van der Waals surface area contributed by atoms with Crippen molar-refractivity contribution in [3.63, 3.8) is 0 Å². The molecule has 1 aliphatic rings. The number of nitrogens with two attached hydrogens (primary N) is 2. The van der Waals surface area contributed by atoms with Crippen molar-refractivity contribution in [2.75, 3.05) is 19.6 Å². The number of nitrogens with one attached hydrogen (secondary N) is 11. The quantitative estimate of drug-likeness (QED) is 0.0234. The summed E-state index contributed by atoms with van der Waals surface area (Å²) in [6.45, 7) is 7.76. The summed E-state index contributed by atoms with van der Waals surface area (Å²) in [5.41, 5.74) is 12.9. The second kappa shape index (κ2) is 28.5. The van der Waals surface area contributed by atoms with Gasteiger partial charge in [-0.05, 0) is 114 Å². The van der Waals surface area contributed by atoms with Crippen LogP contribution in [0.2, 0.25) is 0 Å². The third-order valence-corrected chi connectivity index (χ3v) is 12.1. The molecule has 8 atom stereocenters. The highest BCUT2D eigenvalue weighted by molar-refractivity contribution is 5.98. The van der Waals surface area contributed by atoms with Gasteiger partial charge in [0.25, 0.3) is 0 Å². The van der Waals surface area contributed by atoms with E-state index in [0.717, 1.165) is 17.3 Å². The normalized spacial score (nSPS) is 16.2. The van der Waals surface area contributed by atoms with Gasteiger partial charge in [-0.2, -0.15) is 0 Å². The van der Waals surface area contributed by atoms with Crippen LogP contribution < -0.4 is 59.3 Å². The summed E-state index contributed by atoms with van der Waals surface area (Å²) in [5, 5.41) is 52.4. The fourth-order valence-electron chi connectivity index (χ4n) is 8.14. The molecule has 0 unspecified atom stereocenters. The number of carboxylic acids is 1. The fraction of sp³-hybridized carbons (Fsp3) is 0.531. The Balaban J connectivity index is 1.56. The molecule has 1 fully saturated rings. The third kappa shape index (κ3) is 18.5. The zero-order valence-electron chi connectivity index (χ0n) is 41.4. The average molecular weight is 1000 g/mol. The number of unbranched alkanes of at least 4 members (excludes halogenated alkanes) is 1. The maximum Gasteiger partial charge on any atom is 0.326 e. The van der Waals surface area contributed by atoms with E-state index in [4.69, 9.17) is 16.9 Å². The molecular formula is C49H73N13O10. The van der Waals surface area contributed by atoms with Gasteiger partial charge in [0.1, 0.15) is 48.0 Å². The van der Waals surface area contributed by atoms with Crippen LogP contribution in [-0.4, -0.2) is 136 Å². The summed E-state index contributed by atoms with van der Waals surface area (Å²) in [7, 11) is 0. The number of carbonyl (C=O) groups is 8. The van der Waals surface area contributed by atoms with Crippen LogP contribution in [0.15, 0.2) is 54.7 Å². The summed E-state index contributed by atoms with van der Waals surface area (Å²) in [5.74, 6) is -6.50. The van der Waals surface area contributed by atoms with Gasteiger partial charge < -0.3 is 74.5 Å². The van der Waals surface area contributed by atoms with Crippen molar-refractivity contribution >= 4 is 64.2 Å². The molecular weight excluding hydrogens is 931 g/mol. The van der Waals surface area contributed by atoms with E-state index in [1.54, 1.807) is 24.4 Å². The Hall–Kier alpha value is -7.27. The highest BCUT2D eigenvalue weighted by Crippen LogP contribution is 2.20. The number of benzene rings is 2. The summed E-state index contributed by atoms with van der Waals surface area (Å²) >= 11 is 0. The first-order valence-corrected chi connectivity index (χ1v) is 24.5. The summed E-state index contributed by atoms with van der Waals surface area (Å²) in [6.07, 6.45) is 4.47. The number of hydrogen-bond donors (Lipinski definition) is 15. The molecule has 0 aliphatic carbocycles. The van der Waals surface area contributed by atoms with Crippen LogP contribution in [0.25, 0.3) is 10.9 Å². The van der Waals surface area contributed by atoms with E-state index < -0.39 is 89.7 Å². The maximum absolute atomic E-state index is 14.5. The lowest BCUT2D eigenvalue weighted by Crippen LogP contribution is -2.60. The van der Waals surface area contributed by atoms with Crippen LogP contribution in [0, 0.1) is 11.3 Å². The highest BCUT2D eigenvalue weighted by Gasteiger charge is 2.34. The number of carboxylic acid groups (broad SMARTS) is 1. The Morgan fingerprint density at radius 1 is 0.694 bits per heavy atom. The lowest BCUT2D eigenvalue weighted by molar-refractivity contribution is -0.142. The standard InChI is InChI=1S/C49H73N13O10/c1-27(2)23-38(61-43(66)35-14-9-21-53-35)45(68)56-29(4)42(65)60-39(24-30-16-18-32(63)19-17-30)47(70)62-40(25-31-26-55-34-12-6-5-11-33(31)34)46(69)57-28(3)41(64)58-36(15-10-22-54-49(51)52)44(67)59-37(48(71)72)13-7-8-20-50/h5-6,11-12,16-19,26-29,35-40,53,55,63H,7-10,13-15,20-25,50H2,1-4H3,(H,56,68)(H,57,69)(H,58,64)(H,59,67)(H,60,65)(H,61,66)(H,62,70)(H,71,72)(H4,51,52,54)/t28-,29-,35-,36-,37-,38-,39-,40-/m0/s1. The lowest BCUT2D eigenvalue weighted by Gasteiger charge is -2.27. The number of aromatic hydroxyl groups is 1. The van der Waals surface area contributed by atoms with Crippen molar-refractivity contribution in [3.8, 4) is 5.75 Å². The fourth-order valence-corrected chi connectivity index (χ4v) is 8.14. The smallest absolute Gasteiger partial charge is 0.326 e. The maximum atomic E-state index is 14.5. The average Bonchev–Trinajstić information content (AvgIpc) is 4.03. The van der Waals surface area contributed by atoms with Gasteiger partial charge >= 0.3 is 5.97 Å². The van der Waals surface area contributed by atoms with E-state index >= 15 is 0 Å². The van der Waals surface area contributed by atoms with Gasteiger partial charge in [0, 0.05) is 36.5 Å². The molecule has 1 saturated heterocycles. The van der Waals surface area contributed by atoms with Gasteiger partial charge in [-0.3, -0.25) is 39.0 Å². The summed E-state index contributed by atoms with van der Waals surface area (Å²) in [6, 6.07) is 4.03. The van der Waals surface area contributed by atoms with Gasteiger partial charge in [-0.1, -0.05) is 44.2 Å². The number of hydrogen-bond acceptors (Lipinski definition) is 12. The van der Waals surface area contributed by atoms with Crippen molar-refractivity contribution in [1.29, 1.82) is 5.41 Å². The first-order chi connectivity index (χ1) is 34.3. The van der Waals surface area contributed by atoms with Crippen LogP contribution in [0.5, 0.6) is 5.75 Å². The van der Waals surface area contributed by atoms with Crippen molar-refractivity contribution in [2.45, 2.75) is 140 Å². The lowest BCUT2D eigenvalue weighted by atomic mass is 10.0. The van der Waals surface area contributed by atoms with E-state index in [9.17, 15) is 48.6 Å². The molecule has 17 N–H and O–H groups in total. The van der Waals surface area contributed by atoms with Gasteiger partial charge in [-0.25, -0.2) is 4.79 Å². The van der Waals surface area contributed by atoms with Crippen molar-refractivity contribution in [3.05, 3.63) is 65.9 Å². The zero-order valence-corrected chi connectivity index (χ0v) is 41.4. The minimum absolute atomic E-state index is 0.00341. The minimum atomic E-state index is -1.38. The van der Waals surface area contributed by atoms with Crippen LogP contribution in [0.3, 0.4) is 0 Å². The minimum Gasteiger partial charge on any atom is -0.508 e. The number of aliphatic carboxylic acids is 1. The Bertz CT molecular complexity index is 2340. The van der Waals surface area contributed by atoms with Gasteiger partial charge in [0.05, 0.1) is 6.04 Å². The number of amides is 7. The molecule has 0 bridgehead atoms. The Labute approximate surface area is 418 Å². The predicted octanol–water partition coefficient (Wildman–Crippen LogP) is -0.633. The molecule has 0 spiro atoms. The molecule has 3 aromatic rings. The molecule has 1 aromatic heterocycles. The number of guanidine groups is 1. The number of aromatic nitrogens is 1. The zero-order chi connectivity index (χ0) is 52.9. The molecule has 4 rings (SSSR count). The Morgan fingerprint density at radius 2 is 1.26 bits per heavy atom. The largest absolute Gasteiger partial charge is 0.508 e. The van der Waals surface area contributed by atoms with E-state index in [0.29, 0.717) is 49.9 Å². The van der Waals surface area contributed by atoms with Gasteiger partial charge in [-0.15, -0.1) is 0 Å². The number of rotatable bonds is 29. The molecule has 394 valence electrons. The second-order valence-corrected chi connectivity index (χ2v) is 18.6. The highest BCUT2D eigenvalue weighted by atomic mass is 16.4. The first kappa shape index (κ1) is 57.3. The Morgan fingerprint density at radius 3 is 1.88 bits per heavy atom. The Kier molecular flexibility index (Phi) is 22.7. The SMILES string of the molecule is CC(C)C[C@H](NC(=O)[C@@H]1CCCN1)C(=O)N[C@@H](C)C(=O)N[C@@H](Cc1ccc(O)cc1)C(=O)N[C@@H](Cc1c[nH]c2ccccc12)C(=O)N[C@@H](C)C(=O)N[C@@H](CCCNC(=N)N)C(=O)N[C@@H](CCCCN)C(=O)O. The summed E-state index contributed by atoms with van der Waals surface area (Å²) in [4.78, 5) is 112. The molecule has 23 heteroatoms. The first-order valence-electron chi connectivity index (χ1n) is 24.5. The summed E-state index contributed by atoms with van der Waals surface area (Å²) < 4.78 is 0. The number of phenolic OH excluding ortho intramolecular Hbond substituents is 1. The topological polar surface area (TPSA) is 377 Å². The van der Waals surface area contributed by atoms with E-state index in [1.165, 1.54) is 26.0 Å². The molecule has 72 heavy (non-hydrogen) atoms. The number of carbonyl (C=O) groups excluding carboxylic acids is 7. The molecule has 2 heterocycles. The number of fused-ring (bicyclic) bond motifs is 1. The third-order valence-electron chi connectivity index (χ3n) is 12.1. The van der Waals surface area contributed by atoms with Gasteiger partial charge in [0.15, 0.2) is 5.96 Å². The molecule has 23 nitrogen and oxygen atoms in total. The van der Waals surface area contributed by atoms with Crippen molar-refractivity contribution in [2.24, 2.45) is 17.4 Å². The van der Waals surface area contributed by atoms with E-state index in [1.807, 2.05) is 32.0 Å². The van der Waals surface area contributed by atoms with Crippen molar-refractivity contribution < 1.29 is 48.6 Å². The number of para-hydroxylation sites is 1. The van der Waals surface area contributed by atoms with Crippen molar-refractivity contribution in [1.82, 2.24) is 52.8 Å². The molecule has 0 radical (unpaired) electrons.